The van der Waals surface area contributed by atoms with Crippen molar-refractivity contribution >= 4 is 28.9 Å². The molecule has 2 aromatic carbocycles. The summed E-state index contributed by atoms with van der Waals surface area (Å²) in [6, 6.07) is 11.3. The topological polar surface area (TPSA) is 108 Å². The van der Waals surface area contributed by atoms with Crippen molar-refractivity contribution in [1.29, 1.82) is 0 Å². The molecule has 0 atom stereocenters. The zero-order chi connectivity index (χ0) is 21.0. The van der Waals surface area contributed by atoms with Gasteiger partial charge in [0.25, 0.3) is 17.5 Å². The molecule has 29 heavy (non-hydrogen) atoms. The van der Waals surface area contributed by atoms with E-state index in [1.165, 1.54) is 12.1 Å². The van der Waals surface area contributed by atoms with Crippen LogP contribution >= 0.6 is 0 Å². The molecule has 1 heterocycles. The minimum atomic E-state index is -0.627. The summed E-state index contributed by atoms with van der Waals surface area (Å²) in [5, 5.41) is 11.5. The summed E-state index contributed by atoms with van der Waals surface area (Å²) in [6.45, 7) is 1.52. The van der Waals surface area contributed by atoms with Crippen molar-refractivity contribution < 1.29 is 14.5 Å². The molecule has 0 radical (unpaired) electrons. The van der Waals surface area contributed by atoms with Gasteiger partial charge in [0.05, 0.1) is 4.92 Å². The van der Waals surface area contributed by atoms with Gasteiger partial charge in [0.15, 0.2) is 0 Å². The van der Waals surface area contributed by atoms with Crippen LogP contribution in [0.25, 0.3) is 0 Å². The molecule has 0 bridgehead atoms. The van der Waals surface area contributed by atoms with Crippen LogP contribution in [0.15, 0.2) is 42.5 Å². The zero-order valence-corrected chi connectivity index (χ0v) is 16.3. The van der Waals surface area contributed by atoms with Gasteiger partial charge in [0, 0.05) is 50.1 Å². The first kappa shape index (κ1) is 20.1. The predicted octanol–water partition coefficient (Wildman–Crippen LogP) is 2.34. The molecule has 0 saturated carbocycles. The Kier molecular flexibility index (Phi) is 5.96. The molecule has 9 nitrogen and oxygen atoms in total. The lowest BCUT2D eigenvalue weighted by Gasteiger charge is -2.18. The number of benzene rings is 2. The van der Waals surface area contributed by atoms with E-state index in [0.29, 0.717) is 11.3 Å². The Labute approximate surface area is 168 Å². The third-order valence-corrected chi connectivity index (χ3v) is 4.80. The molecule has 1 saturated heterocycles. The Hall–Kier alpha value is -3.62. The quantitative estimate of drug-likeness (QED) is 0.592. The van der Waals surface area contributed by atoms with Gasteiger partial charge >= 0.3 is 0 Å². The van der Waals surface area contributed by atoms with Gasteiger partial charge < -0.3 is 9.80 Å². The molecule has 9 heteroatoms. The molecule has 2 N–H and O–H groups in total. The molecule has 0 spiro atoms. The molecule has 1 aliphatic rings. The SMILES string of the molecule is CN(C)c1cccc(C(=O)NNC(=O)c2ccc(N3CCCC3)c([N+](=O)[O-])c2)c1. The van der Waals surface area contributed by atoms with E-state index in [9.17, 15) is 19.7 Å². The van der Waals surface area contributed by atoms with Crippen molar-refractivity contribution in [3.8, 4) is 0 Å². The van der Waals surface area contributed by atoms with E-state index in [0.717, 1.165) is 31.6 Å². The van der Waals surface area contributed by atoms with Crippen molar-refractivity contribution in [2.75, 3.05) is 37.0 Å². The van der Waals surface area contributed by atoms with Crippen LogP contribution in [0, 0.1) is 10.1 Å². The Balaban J connectivity index is 1.70. The fraction of sp³-hybridized carbons (Fsp3) is 0.300. The van der Waals surface area contributed by atoms with Gasteiger partial charge in [-0.25, -0.2) is 0 Å². The summed E-state index contributed by atoms with van der Waals surface area (Å²) >= 11 is 0. The molecule has 1 aliphatic heterocycles. The fourth-order valence-corrected chi connectivity index (χ4v) is 3.22. The normalized spacial score (nSPS) is 13.1. The fourth-order valence-electron chi connectivity index (χ4n) is 3.22. The van der Waals surface area contributed by atoms with E-state index < -0.39 is 16.7 Å². The lowest BCUT2D eigenvalue weighted by atomic mass is 10.1. The zero-order valence-electron chi connectivity index (χ0n) is 16.3. The lowest BCUT2D eigenvalue weighted by Crippen LogP contribution is -2.41. The number of hydrogen-bond donors (Lipinski definition) is 2. The summed E-state index contributed by atoms with van der Waals surface area (Å²) in [5.74, 6) is -1.11. The molecule has 3 rings (SSSR count). The van der Waals surface area contributed by atoms with Crippen molar-refractivity contribution in [2.24, 2.45) is 0 Å². The average molecular weight is 397 g/mol. The highest BCUT2D eigenvalue weighted by atomic mass is 16.6. The van der Waals surface area contributed by atoms with Gasteiger partial charge in [-0.3, -0.25) is 30.6 Å². The second-order valence-corrected chi connectivity index (χ2v) is 7.01. The maximum absolute atomic E-state index is 12.4. The van der Waals surface area contributed by atoms with Crippen LogP contribution in [0.2, 0.25) is 0 Å². The summed E-state index contributed by atoms with van der Waals surface area (Å²) in [5.41, 5.74) is 6.37. The van der Waals surface area contributed by atoms with Gasteiger partial charge in [0.1, 0.15) is 5.69 Å². The molecule has 0 aromatic heterocycles. The third-order valence-electron chi connectivity index (χ3n) is 4.80. The molecule has 152 valence electrons. The summed E-state index contributed by atoms with van der Waals surface area (Å²) in [6.07, 6.45) is 1.97. The number of hydrazine groups is 1. The van der Waals surface area contributed by atoms with E-state index >= 15 is 0 Å². The largest absolute Gasteiger partial charge is 0.378 e. The number of amides is 2. The molecule has 0 unspecified atom stereocenters. The Morgan fingerprint density at radius 1 is 1.00 bits per heavy atom. The smallest absolute Gasteiger partial charge is 0.293 e. The molecular formula is C20H23N5O4. The van der Waals surface area contributed by atoms with Crippen LogP contribution in [0.5, 0.6) is 0 Å². The highest BCUT2D eigenvalue weighted by molar-refractivity contribution is 6.00. The number of carbonyl (C=O) groups excluding carboxylic acids is 2. The number of nitrogens with one attached hydrogen (secondary N) is 2. The maximum atomic E-state index is 12.4. The molecule has 1 fully saturated rings. The van der Waals surface area contributed by atoms with Gasteiger partial charge in [-0.15, -0.1) is 0 Å². The second kappa shape index (κ2) is 8.59. The van der Waals surface area contributed by atoms with Crippen LogP contribution in [0.1, 0.15) is 33.6 Å². The first-order chi connectivity index (χ1) is 13.9. The maximum Gasteiger partial charge on any atom is 0.293 e. The van der Waals surface area contributed by atoms with E-state index in [1.54, 1.807) is 24.3 Å². The minimum absolute atomic E-state index is 0.0991. The van der Waals surface area contributed by atoms with Crippen LogP contribution in [-0.4, -0.2) is 43.9 Å². The van der Waals surface area contributed by atoms with E-state index in [2.05, 4.69) is 10.9 Å². The van der Waals surface area contributed by atoms with E-state index in [-0.39, 0.29) is 11.3 Å². The standard InChI is InChI=1S/C20H23N5O4/c1-23(2)16-7-5-6-14(12-16)19(26)21-22-20(27)15-8-9-17(18(13-15)25(28)29)24-10-3-4-11-24/h5-9,12-13H,3-4,10-11H2,1-2H3,(H,21,26)(H,22,27). The number of nitro benzene ring substituents is 1. The number of rotatable bonds is 5. The number of carbonyl (C=O) groups is 2. The van der Waals surface area contributed by atoms with Crippen molar-refractivity contribution in [1.82, 2.24) is 10.9 Å². The summed E-state index contributed by atoms with van der Waals surface area (Å²) in [7, 11) is 3.72. The van der Waals surface area contributed by atoms with Gasteiger partial charge in [-0.2, -0.15) is 0 Å². The average Bonchev–Trinajstić information content (AvgIpc) is 3.26. The van der Waals surface area contributed by atoms with E-state index in [4.69, 9.17) is 0 Å². The van der Waals surface area contributed by atoms with Gasteiger partial charge in [-0.1, -0.05) is 6.07 Å². The minimum Gasteiger partial charge on any atom is -0.378 e. The van der Waals surface area contributed by atoms with Crippen molar-refractivity contribution in [3.05, 3.63) is 63.7 Å². The molecule has 2 amide bonds. The van der Waals surface area contributed by atoms with Crippen LogP contribution in [0.4, 0.5) is 17.1 Å². The Morgan fingerprint density at radius 2 is 1.62 bits per heavy atom. The second-order valence-electron chi connectivity index (χ2n) is 7.01. The third kappa shape index (κ3) is 4.63. The predicted molar refractivity (Wildman–Crippen MR) is 110 cm³/mol. The van der Waals surface area contributed by atoms with Gasteiger partial charge in [0.2, 0.25) is 0 Å². The molecule has 2 aromatic rings. The van der Waals surface area contributed by atoms with Crippen LogP contribution in [-0.2, 0) is 0 Å². The van der Waals surface area contributed by atoms with Crippen molar-refractivity contribution in [2.45, 2.75) is 12.8 Å². The summed E-state index contributed by atoms with van der Waals surface area (Å²) in [4.78, 5) is 39.5. The van der Waals surface area contributed by atoms with Gasteiger partial charge in [-0.05, 0) is 43.2 Å². The first-order valence-corrected chi connectivity index (χ1v) is 9.28. The monoisotopic (exact) mass is 397 g/mol. The molecular weight excluding hydrogens is 374 g/mol. The van der Waals surface area contributed by atoms with Crippen molar-refractivity contribution in [3.63, 3.8) is 0 Å². The van der Waals surface area contributed by atoms with Crippen LogP contribution in [0.3, 0.4) is 0 Å². The number of hydrogen-bond acceptors (Lipinski definition) is 6. The lowest BCUT2D eigenvalue weighted by molar-refractivity contribution is -0.384. The molecule has 0 aliphatic carbocycles. The highest BCUT2D eigenvalue weighted by Crippen LogP contribution is 2.31. The number of anilines is 2. The first-order valence-electron chi connectivity index (χ1n) is 9.28. The van der Waals surface area contributed by atoms with E-state index in [1.807, 2.05) is 30.0 Å². The number of nitrogens with zero attached hydrogens (tertiary/aromatic N) is 3. The Morgan fingerprint density at radius 3 is 2.21 bits per heavy atom. The Bertz CT molecular complexity index is 938. The summed E-state index contributed by atoms with van der Waals surface area (Å²) < 4.78 is 0. The highest BCUT2D eigenvalue weighted by Gasteiger charge is 2.24. The number of nitro groups is 1. The van der Waals surface area contributed by atoms with Crippen LogP contribution < -0.4 is 20.7 Å².